The summed E-state index contributed by atoms with van der Waals surface area (Å²) in [5, 5.41) is 9.93. The van der Waals surface area contributed by atoms with Gasteiger partial charge in [0, 0.05) is 5.56 Å². The minimum atomic E-state index is -0.464. The molecule has 0 amide bonds. The van der Waals surface area contributed by atoms with E-state index in [0.29, 0.717) is 6.61 Å². The zero-order chi connectivity index (χ0) is 10.8. The maximum absolute atomic E-state index is 9.93. The van der Waals surface area contributed by atoms with Crippen molar-refractivity contribution in [3.8, 4) is 11.5 Å². The monoisotopic (exact) mass is 272 g/mol. The smallest absolute Gasteiger partial charge is 0.139 e. The molecule has 1 atom stereocenters. The number of aliphatic hydroxyl groups is 1. The van der Waals surface area contributed by atoms with Crippen LogP contribution in [0, 0.1) is 0 Å². The highest BCUT2D eigenvalue weighted by molar-refractivity contribution is 9.10. The number of rotatable bonds is 1. The molecule has 1 aromatic carbocycles. The molecular formula is C11H13BrO3. The average molecular weight is 273 g/mol. The molecule has 2 rings (SSSR count). The van der Waals surface area contributed by atoms with Gasteiger partial charge in [0.2, 0.25) is 0 Å². The van der Waals surface area contributed by atoms with E-state index < -0.39 is 6.10 Å². The predicted octanol–water partition coefficient (Wildman–Crippen LogP) is 2.66. The summed E-state index contributed by atoms with van der Waals surface area (Å²) < 4.78 is 11.6. The third kappa shape index (κ3) is 2.11. The molecule has 4 heteroatoms. The van der Waals surface area contributed by atoms with Crippen LogP contribution in [0.3, 0.4) is 0 Å². The number of halogens is 1. The molecule has 0 spiro atoms. The van der Waals surface area contributed by atoms with Crippen LogP contribution in [0.5, 0.6) is 11.5 Å². The highest BCUT2D eigenvalue weighted by Gasteiger charge is 2.20. The highest BCUT2D eigenvalue weighted by atomic mass is 79.9. The Kier molecular flexibility index (Phi) is 3.17. The summed E-state index contributed by atoms with van der Waals surface area (Å²) in [6.07, 6.45) is 1.13. The lowest BCUT2D eigenvalue weighted by Gasteiger charge is -2.14. The maximum Gasteiger partial charge on any atom is 0.139 e. The topological polar surface area (TPSA) is 38.7 Å². The maximum atomic E-state index is 9.93. The van der Waals surface area contributed by atoms with Gasteiger partial charge in [-0.25, -0.2) is 0 Å². The first-order chi connectivity index (χ1) is 7.22. The zero-order valence-electron chi connectivity index (χ0n) is 8.50. The van der Waals surface area contributed by atoms with Gasteiger partial charge in [-0.3, -0.25) is 0 Å². The van der Waals surface area contributed by atoms with Gasteiger partial charge in [0.1, 0.15) is 11.5 Å². The molecule has 82 valence electrons. The van der Waals surface area contributed by atoms with Crippen molar-refractivity contribution in [2.45, 2.75) is 18.9 Å². The number of benzene rings is 1. The summed E-state index contributed by atoms with van der Waals surface area (Å²) in [4.78, 5) is 0. The Morgan fingerprint density at radius 2 is 2.33 bits per heavy atom. The molecule has 1 heterocycles. The number of hydrogen-bond donors (Lipinski definition) is 1. The number of methoxy groups -OCH3 is 1. The third-order valence-electron chi connectivity index (χ3n) is 2.51. The SMILES string of the molecule is COc1cc(Br)c2c(c1)C(O)CCCO2. The standard InChI is InChI=1S/C11H13BrO3/c1-14-7-5-8-10(13)3-2-4-15-11(8)9(12)6-7/h5-6,10,13H,2-4H2,1H3. The molecule has 0 saturated carbocycles. The second-order valence-corrected chi connectivity index (χ2v) is 4.39. The minimum Gasteiger partial charge on any atom is -0.497 e. The van der Waals surface area contributed by atoms with E-state index in [0.717, 1.165) is 34.4 Å². The van der Waals surface area contributed by atoms with Gasteiger partial charge >= 0.3 is 0 Å². The lowest BCUT2D eigenvalue weighted by atomic mass is 10.0. The molecule has 3 nitrogen and oxygen atoms in total. The Morgan fingerprint density at radius 3 is 3.07 bits per heavy atom. The number of ether oxygens (including phenoxy) is 2. The molecule has 0 saturated heterocycles. The summed E-state index contributed by atoms with van der Waals surface area (Å²) >= 11 is 3.42. The summed E-state index contributed by atoms with van der Waals surface area (Å²) in [6, 6.07) is 3.67. The van der Waals surface area contributed by atoms with Crippen molar-refractivity contribution in [1.29, 1.82) is 0 Å². The second kappa shape index (κ2) is 4.41. The van der Waals surface area contributed by atoms with E-state index in [1.807, 2.05) is 12.1 Å². The van der Waals surface area contributed by atoms with E-state index in [4.69, 9.17) is 9.47 Å². The van der Waals surface area contributed by atoms with E-state index in [1.165, 1.54) is 0 Å². The van der Waals surface area contributed by atoms with Gasteiger partial charge in [0.25, 0.3) is 0 Å². The Morgan fingerprint density at radius 1 is 1.53 bits per heavy atom. The van der Waals surface area contributed by atoms with Crippen molar-refractivity contribution in [2.24, 2.45) is 0 Å². The van der Waals surface area contributed by atoms with Gasteiger partial charge in [-0.15, -0.1) is 0 Å². The molecule has 1 aromatic rings. The summed E-state index contributed by atoms with van der Waals surface area (Å²) in [5.74, 6) is 1.46. The van der Waals surface area contributed by atoms with E-state index in [9.17, 15) is 5.11 Å². The van der Waals surface area contributed by atoms with Crippen molar-refractivity contribution in [3.63, 3.8) is 0 Å². The fourth-order valence-corrected chi connectivity index (χ4v) is 2.28. The van der Waals surface area contributed by atoms with Gasteiger partial charge in [-0.2, -0.15) is 0 Å². The quantitative estimate of drug-likeness (QED) is 0.855. The van der Waals surface area contributed by atoms with Crippen LogP contribution >= 0.6 is 15.9 Å². The molecule has 0 aromatic heterocycles. The summed E-state index contributed by atoms with van der Waals surface area (Å²) in [5.41, 5.74) is 0.804. The molecular weight excluding hydrogens is 260 g/mol. The normalized spacial score (nSPS) is 20.1. The van der Waals surface area contributed by atoms with Crippen molar-refractivity contribution < 1.29 is 14.6 Å². The van der Waals surface area contributed by atoms with Crippen molar-refractivity contribution >= 4 is 15.9 Å². The Labute approximate surface area is 97.1 Å². The Balaban J connectivity index is 2.50. The highest BCUT2D eigenvalue weighted by Crippen LogP contribution is 2.40. The molecule has 0 fully saturated rings. The molecule has 1 aliphatic rings. The largest absolute Gasteiger partial charge is 0.497 e. The Bertz CT molecular complexity index is 365. The van der Waals surface area contributed by atoms with E-state index in [2.05, 4.69) is 15.9 Å². The van der Waals surface area contributed by atoms with Crippen LogP contribution in [0.2, 0.25) is 0 Å². The van der Waals surface area contributed by atoms with Gasteiger partial charge in [0.05, 0.1) is 24.3 Å². The minimum absolute atomic E-state index is 0.464. The Hall–Kier alpha value is -0.740. The van der Waals surface area contributed by atoms with Gasteiger partial charge in [0.15, 0.2) is 0 Å². The lowest BCUT2D eigenvalue weighted by molar-refractivity contribution is 0.167. The third-order valence-corrected chi connectivity index (χ3v) is 3.10. The van der Waals surface area contributed by atoms with Gasteiger partial charge in [-0.05, 0) is 40.9 Å². The molecule has 0 bridgehead atoms. The fraction of sp³-hybridized carbons (Fsp3) is 0.455. The van der Waals surface area contributed by atoms with E-state index in [1.54, 1.807) is 7.11 Å². The lowest BCUT2D eigenvalue weighted by Crippen LogP contribution is -1.98. The van der Waals surface area contributed by atoms with Crippen LogP contribution in [-0.4, -0.2) is 18.8 Å². The summed E-state index contributed by atoms with van der Waals surface area (Å²) in [7, 11) is 1.61. The fourth-order valence-electron chi connectivity index (χ4n) is 1.71. The first-order valence-electron chi connectivity index (χ1n) is 4.90. The van der Waals surface area contributed by atoms with Crippen LogP contribution in [0.1, 0.15) is 24.5 Å². The van der Waals surface area contributed by atoms with Crippen molar-refractivity contribution in [2.75, 3.05) is 13.7 Å². The van der Waals surface area contributed by atoms with Crippen LogP contribution in [0.25, 0.3) is 0 Å². The molecule has 0 aliphatic carbocycles. The number of hydrogen-bond acceptors (Lipinski definition) is 3. The van der Waals surface area contributed by atoms with Crippen LogP contribution < -0.4 is 9.47 Å². The molecule has 15 heavy (non-hydrogen) atoms. The zero-order valence-corrected chi connectivity index (χ0v) is 10.1. The number of aliphatic hydroxyl groups excluding tert-OH is 1. The van der Waals surface area contributed by atoms with Gasteiger partial charge < -0.3 is 14.6 Å². The second-order valence-electron chi connectivity index (χ2n) is 3.53. The number of fused-ring (bicyclic) bond motifs is 1. The molecule has 1 aliphatic heterocycles. The van der Waals surface area contributed by atoms with Crippen LogP contribution in [0.4, 0.5) is 0 Å². The van der Waals surface area contributed by atoms with Gasteiger partial charge in [-0.1, -0.05) is 0 Å². The average Bonchev–Trinajstić information content (AvgIpc) is 2.41. The first-order valence-corrected chi connectivity index (χ1v) is 5.70. The van der Waals surface area contributed by atoms with Crippen molar-refractivity contribution in [3.05, 3.63) is 22.2 Å². The first kappa shape index (κ1) is 10.8. The van der Waals surface area contributed by atoms with E-state index in [-0.39, 0.29) is 0 Å². The predicted molar refractivity (Wildman–Crippen MR) is 60.4 cm³/mol. The molecule has 1 unspecified atom stereocenters. The van der Waals surface area contributed by atoms with Crippen molar-refractivity contribution in [1.82, 2.24) is 0 Å². The molecule has 0 radical (unpaired) electrons. The van der Waals surface area contributed by atoms with E-state index >= 15 is 0 Å². The van der Waals surface area contributed by atoms with Crippen LogP contribution in [0.15, 0.2) is 16.6 Å². The molecule has 1 N–H and O–H groups in total. The summed E-state index contributed by atoms with van der Waals surface area (Å²) in [6.45, 7) is 0.648. The van der Waals surface area contributed by atoms with Crippen LogP contribution in [-0.2, 0) is 0 Å².